The number of benzene rings is 2. The minimum atomic E-state index is -0.225. The monoisotopic (exact) mass is 270 g/mol. The SMILES string of the molecule is Nc1ccc(F)cc1CN1CCCCc2ccccc21. The molecule has 0 aliphatic carbocycles. The fourth-order valence-electron chi connectivity index (χ4n) is 2.85. The highest BCUT2D eigenvalue weighted by Crippen LogP contribution is 2.28. The molecule has 3 rings (SSSR count). The molecule has 0 atom stereocenters. The van der Waals surface area contributed by atoms with Crippen LogP contribution in [0.4, 0.5) is 15.8 Å². The number of halogens is 1. The Morgan fingerprint density at radius 3 is 2.85 bits per heavy atom. The summed E-state index contributed by atoms with van der Waals surface area (Å²) in [5, 5.41) is 0. The van der Waals surface area contributed by atoms with Gasteiger partial charge in [-0.2, -0.15) is 0 Å². The van der Waals surface area contributed by atoms with E-state index in [2.05, 4.69) is 29.2 Å². The van der Waals surface area contributed by atoms with E-state index in [9.17, 15) is 4.39 Å². The molecule has 20 heavy (non-hydrogen) atoms. The molecule has 3 heteroatoms. The van der Waals surface area contributed by atoms with Gasteiger partial charge in [-0.25, -0.2) is 4.39 Å². The molecule has 1 heterocycles. The number of nitrogens with zero attached hydrogens (tertiary/aromatic N) is 1. The number of fused-ring (bicyclic) bond motifs is 1. The van der Waals surface area contributed by atoms with Crippen molar-refractivity contribution in [3.05, 3.63) is 59.4 Å². The van der Waals surface area contributed by atoms with E-state index in [1.165, 1.54) is 23.7 Å². The summed E-state index contributed by atoms with van der Waals surface area (Å²) in [5.74, 6) is -0.225. The average Bonchev–Trinajstić information content (AvgIpc) is 2.66. The summed E-state index contributed by atoms with van der Waals surface area (Å²) in [6.07, 6.45) is 3.47. The van der Waals surface area contributed by atoms with Gasteiger partial charge in [-0.1, -0.05) is 18.2 Å². The maximum atomic E-state index is 13.4. The number of nitrogen functional groups attached to an aromatic ring is 1. The summed E-state index contributed by atoms with van der Waals surface area (Å²) in [4.78, 5) is 2.31. The van der Waals surface area contributed by atoms with Crippen LogP contribution in [0.15, 0.2) is 42.5 Å². The molecule has 2 aromatic carbocycles. The third-order valence-corrected chi connectivity index (χ3v) is 3.92. The van der Waals surface area contributed by atoms with Crippen molar-refractivity contribution in [3.8, 4) is 0 Å². The molecule has 1 aliphatic heterocycles. The van der Waals surface area contributed by atoms with Crippen LogP contribution in [0.2, 0.25) is 0 Å². The molecule has 0 bridgehead atoms. The number of rotatable bonds is 2. The van der Waals surface area contributed by atoms with Crippen molar-refractivity contribution >= 4 is 11.4 Å². The highest BCUT2D eigenvalue weighted by molar-refractivity contribution is 5.57. The van der Waals surface area contributed by atoms with Gasteiger partial charge < -0.3 is 10.6 Å². The van der Waals surface area contributed by atoms with E-state index in [4.69, 9.17) is 5.73 Å². The smallest absolute Gasteiger partial charge is 0.123 e. The Bertz CT molecular complexity index is 610. The van der Waals surface area contributed by atoms with Crippen molar-refractivity contribution in [2.75, 3.05) is 17.2 Å². The number of hydrogen-bond donors (Lipinski definition) is 1. The molecule has 0 saturated heterocycles. The van der Waals surface area contributed by atoms with Crippen molar-refractivity contribution in [1.82, 2.24) is 0 Å². The van der Waals surface area contributed by atoms with Crippen LogP contribution in [0.25, 0.3) is 0 Å². The zero-order chi connectivity index (χ0) is 13.9. The third-order valence-electron chi connectivity index (χ3n) is 3.92. The number of hydrogen-bond acceptors (Lipinski definition) is 2. The molecule has 0 saturated carbocycles. The standard InChI is InChI=1S/C17H19FN2/c18-15-8-9-16(19)14(11-15)12-20-10-4-3-6-13-5-1-2-7-17(13)20/h1-2,5,7-9,11H,3-4,6,10,12,19H2. The topological polar surface area (TPSA) is 29.3 Å². The van der Waals surface area contributed by atoms with Crippen molar-refractivity contribution in [2.45, 2.75) is 25.8 Å². The number of aryl methyl sites for hydroxylation is 1. The highest BCUT2D eigenvalue weighted by Gasteiger charge is 2.16. The zero-order valence-corrected chi connectivity index (χ0v) is 11.5. The summed E-state index contributed by atoms with van der Waals surface area (Å²) in [6.45, 7) is 1.66. The molecule has 2 N–H and O–H groups in total. The van der Waals surface area contributed by atoms with Gasteiger partial charge in [0, 0.05) is 24.5 Å². The molecule has 0 fully saturated rings. The lowest BCUT2D eigenvalue weighted by atomic mass is 10.1. The summed E-state index contributed by atoms with van der Waals surface area (Å²) in [5.41, 5.74) is 10.1. The van der Waals surface area contributed by atoms with Crippen LogP contribution in [0, 0.1) is 5.82 Å². The molecular formula is C17H19FN2. The fourth-order valence-corrected chi connectivity index (χ4v) is 2.85. The van der Waals surface area contributed by atoms with Gasteiger partial charge in [-0.05, 0) is 54.7 Å². The Balaban J connectivity index is 1.92. The summed E-state index contributed by atoms with van der Waals surface area (Å²) in [7, 11) is 0. The van der Waals surface area contributed by atoms with Crippen molar-refractivity contribution < 1.29 is 4.39 Å². The number of para-hydroxylation sites is 1. The van der Waals surface area contributed by atoms with Gasteiger partial charge in [-0.15, -0.1) is 0 Å². The number of anilines is 2. The van der Waals surface area contributed by atoms with E-state index in [-0.39, 0.29) is 5.82 Å². The lowest BCUT2D eigenvalue weighted by Crippen LogP contribution is -2.24. The Hall–Kier alpha value is -2.03. The van der Waals surface area contributed by atoms with Crippen LogP contribution in [-0.2, 0) is 13.0 Å². The lowest BCUT2D eigenvalue weighted by Gasteiger charge is -2.25. The number of nitrogens with two attached hydrogens (primary N) is 1. The normalized spacial score (nSPS) is 14.8. The predicted octanol–water partition coefficient (Wildman–Crippen LogP) is 3.75. The van der Waals surface area contributed by atoms with E-state index in [1.807, 2.05) is 0 Å². The molecular weight excluding hydrogens is 251 g/mol. The van der Waals surface area contributed by atoms with Crippen LogP contribution < -0.4 is 10.6 Å². The van der Waals surface area contributed by atoms with Gasteiger partial charge in [0.2, 0.25) is 0 Å². The first kappa shape index (κ1) is 13.0. The maximum absolute atomic E-state index is 13.4. The highest BCUT2D eigenvalue weighted by atomic mass is 19.1. The minimum Gasteiger partial charge on any atom is -0.398 e. The molecule has 1 aliphatic rings. The van der Waals surface area contributed by atoms with Crippen LogP contribution in [-0.4, -0.2) is 6.54 Å². The summed E-state index contributed by atoms with van der Waals surface area (Å²) >= 11 is 0. The van der Waals surface area contributed by atoms with Gasteiger partial charge in [-0.3, -0.25) is 0 Å². The molecule has 0 unspecified atom stereocenters. The fraction of sp³-hybridized carbons (Fsp3) is 0.294. The Labute approximate surface area is 119 Å². The largest absolute Gasteiger partial charge is 0.398 e. The van der Waals surface area contributed by atoms with E-state index in [0.717, 1.165) is 24.9 Å². The van der Waals surface area contributed by atoms with Crippen molar-refractivity contribution in [1.29, 1.82) is 0 Å². The maximum Gasteiger partial charge on any atom is 0.123 e. The van der Waals surface area contributed by atoms with Crippen LogP contribution in [0.3, 0.4) is 0 Å². The second-order valence-electron chi connectivity index (χ2n) is 5.35. The zero-order valence-electron chi connectivity index (χ0n) is 11.5. The van der Waals surface area contributed by atoms with Gasteiger partial charge >= 0.3 is 0 Å². The Morgan fingerprint density at radius 1 is 1.10 bits per heavy atom. The van der Waals surface area contributed by atoms with E-state index in [1.54, 1.807) is 12.1 Å². The van der Waals surface area contributed by atoms with Crippen LogP contribution in [0.1, 0.15) is 24.0 Å². The molecule has 0 aromatic heterocycles. The van der Waals surface area contributed by atoms with Crippen molar-refractivity contribution in [3.63, 3.8) is 0 Å². The van der Waals surface area contributed by atoms with E-state index >= 15 is 0 Å². The second-order valence-corrected chi connectivity index (χ2v) is 5.35. The molecule has 2 nitrogen and oxygen atoms in total. The first-order chi connectivity index (χ1) is 9.74. The van der Waals surface area contributed by atoms with Crippen molar-refractivity contribution in [2.24, 2.45) is 0 Å². The second kappa shape index (κ2) is 5.53. The lowest BCUT2D eigenvalue weighted by molar-refractivity contribution is 0.624. The summed E-state index contributed by atoms with van der Waals surface area (Å²) < 4.78 is 13.4. The van der Waals surface area contributed by atoms with Gasteiger partial charge in [0.1, 0.15) is 5.82 Å². The van der Waals surface area contributed by atoms with Crippen LogP contribution >= 0.6 is 0 Å². The van der Waals surface area contributed by atoms with Gasteiger partial charge in [0.15, 0.2) is 0 Å². The van der Waals surface area contributed by atoms with E-state index < -0.39 is 0 Å². The minimum absolute atomic E-state index is 0.225. The van der Waals surface area contributed by atoms with E-state index in [0.29, 0.717) is 12.2 Å². The Morgan fingerprint density at radius 2 is 1.95 bits per heavy atom. The average molecular weight is 270 g/mol. The van der Waals surface area contributed by atoms with Gasteiger partial charge in [0.05, 0.1) is 0 Å². The molecule has 104 valence electrons. The molecule has 0 radical (unpaired) electrons. The summed E-state index contributed by atoms with van der Waals surface area (Å²) in [6, 6.07) is 13.1. The first-order valence-corrected chi connectivity index (χ1v) is 7.11. The Kier molecular flexibility index (Phi) is 3.59. The molecule has 0 spiro atoms. The van der Waals surface area contributed by atoms with Gasteiger partial charge in [0.25, 0.3) is 0 Å². The molecule has 0 amide bonds. The molecule has 2 aromatic rings. The van der Waals surface area contributed by atoms with Crippen LogP contribution in [0.5, 0.6) is 0 Å². The predicted molar refractivity (Wildman–Crippen MR) is 81.2 cm³/mol. The third kappa shape index (κ3) is 2.62. The quantitative estimate of drug-likeness (QED) is 0.842. The first-order valence-electron chi connectivity index (χ1n) is 7.11.